The molecule has 0 unspecified atom stereocenters. The van der Waals surface area contributed by atoms with Gasteiger partial charge in [0.1, 0.15) is 5.69 Å². The first-order chi connectivity index (χ1) is 16.6. The minimum Gasteiger partial charge on any atom is -0.463 e. The number of hydrogen-bond acceptors (Lipinski definition) is 5. The van der Waals surface area contributed by atoms with Gasteiger partial charge in [-0.1, -0.05) is 42.5 Å². The van der Waals surface area contributed by atoms with Crippen LogP contribution in [0.2, 0.25) is 0 Å². The predicted octanol–water partition coefficient (Wildman–Crippen LogP) is 4.74. The zero-order chi connectivity index (χ0) is 23.5. The maximum atomic E-state index is 13.6. The molecule has 4 aromatic rings. The van der Waals surface area contributed by atoms with E-state index in [9.17, 15) is 4.79 Å². The van der Waals surface area contributed by atoms with Gasteiger partial charge in [-0.05, 0) is 37.6 Å². The van der Waals surface area contributed by atoms with Crippen LogP contribution < -0.4 is 0 Å². The van der Waals surface area contributed by atoms with Crippen LogP contribution in [0, 0.1) is 0 Å². The number of amides is 1. The number of aromatic nitrogens is 3. The van der Waals surface area contributed by atoms with Crippen molar-refractivity contribution in [1.29, 1.82) is 0 Å². The van der Waals surface area contributed by atoms with Gasteiger partial charge in [0.2, 0.25) is 0 Å². The van der Waals surface area contributed by atoms with E-state index >= 15 is 0 Å². The second-order valence-electron chi connectivity index (χ2n) is 8.86. The van der Waals surface area contributed by atoms with Gasteiger partial charge in [0.25, 0.3) is 5.91 Å². The molecule has 0 N–H and O–H groups in total. The number of carbonyl (C=O) groups is 1. The van der Waals surface area contributed by atoms with Gasteiger partial charge in [-0.2, -0.15) is 5.10 Å². The lowest BCUT2D eigenvalue weighted by Gasteiger charge is -2.34. The van der Waals surface area contributed by atoms with Crippen LogP contribution in [0.1, 0.15) is 35.8 Å². The Bertz CT molecular complexity index is 1280. The Morgan fingerprint density at radius 3 is 2.59 bits per heavy atom. The maximum Gasteiger partial charge on any atom is 0.254 e. The van der Waals surface area contributed by atoms with Crippen molar-refractivity contribution in [3.8, 4) is 11.5 Å². The standard InChI is InChI=1S/C27H29N5O2/c1-20(2)32-26-23(19-28-32)22(18-24(29-26)25-11-7-17-34-25)27(33)31-15-13-30(14-16-31)12-6-10-21-8-4-3-5-9-21/h3-11,17-20H,12-16H2,1-2H3/b10-6+. The SMILES string of the molecule is CC(C)n1ncc2c(C(=O)N3CCN(C/C=C/c4ccccc4)CC3)cc(-c3ccco3)nc21. The molecule has 0 atom stereocenters. The first-order valence-corrected chi connectivity index (χ1v) is 11.8. The van der Waals surface area contributed by atoms with Crippen molar-refractivity contribution < 1.29 is 9.21 Å². The first-order valence-electron chi connectivity index (χ1n) is 11.8. The smallest absolute Gasteiger partial charge is 0.254 e. The summed E-state index contributed by atoms with van der Waals surface area (Å²) >= 11 is 0. The van der Waals surface area contributed by atoms with E-state index in [-0.39, 0.29) is 11.9 Å². The third-order valence-corrected chi connectivity index (χ3v) is 6.19. The van der Waals surface area contributed by atoms with Crippen LogP contribution in [0.4, 0.5) is 0 Å². The van der Waals surface area contributed by atoms with Crippen LogP contribution >= 0.6 is 0 Å². The van der Waals surface area contributed by atoms with Crippen molar-refractivity contribution in [2.45, 2.75) is 19.9 Å². The highest BCUT2D eigenvalue weighted by atomic mass is 16.3. The molecule has 1 aromatic carbocycles. The average Bonchev–Trinajstić information content (AvgIpc) is 3.54. The van der Waals surface area contributed by atoms with Crippen molar-refractivity contribution in [1.82, 2.24) is 24.6 Å². The Morgan fingerprint density at radius 2 is 1.88 bits per heavy atom. The zero-order valence-electron chi connectivity index (χ0n) is 19.6. The molecule has 0 radical (unpaired) electrons. The topological polar surface area (TPSA) is 67.4 Å². The average molecular weight is 456 g/mol. The Hall–Kier alpha value is -3.71. The molecule has 0 aliphatic carbocycles. The molecule has 3 aromatic heterocycles. The van der Waals surface area contributed by atoms with E-state index in [1.807, 2.05) is 46.0 Å². The van der Waals surface area contributed by atoms with Gasteiger partial charge < -0.3 is 9.32 Å². The minimum absolute atomic E-state index is 0.0167. The van der Waals surface area contributed by atoms with E-state index in [2.05, 4.69) is 48.1 Å². The van der Waals surface area contributed by atoms with Crippen molar-refractivity contribution in [3.05, 3.63) is 78.2 Å². The van der Waals surface area contributed by atoms with E-state index in [0.717, 1.165) is 25.0 Å². The van der Waals surface area contributed by atoms with Crippen LogP contribution in [-0.2, 0) is 0 Å². The van der Waals surface area contributed by atoms with Gasteiger partial charge in [0.15, 0.2) is 11.4 Å². The van der Waals surface area contributed by atoms with Crippen molar-refractivity contribution in [2.24, 2.45) is 0 Å². The molecule has 7 nitrogen and oxygen atoms in total. The number of benzene rings is 1. The number of furan rings is 1. The highest BCUT2D eigenvalue weighted by Crippen LogP contribution is 2.27. The van der Waals surface area contributed by atoms with Gasteiger partial charge in [0.05, 0.1) is 23.4 Å². The van der Waals surface area contributed by atoms with Crippen molar-refractivity contribution >= 4 is 23.0 Å². The summed E-state index contributed by atoms with van der Waals surface area (Å²) in [6, 6.07) is 16.0. The number of hydrogen-bond donors (Lipinski definition) is 0. The predicted molar refractivity (Wildman–Crippen MR) is 133 cm³/mol. The van der Waals surface area contributed by atoms with Crippen LogP contribution in [-0.4, -0.2) is 63.2 Å². The van der Waals surface area contributed by atoms with Gasteiger partial charge >= 0.3 is 0 Å². The maximum absolute atomic E-state index is 13.6. The molecule has 1 amide bonds. The highest BCUT2D eigenvalue weighted by Gasteiger charge is 2.26. The molecule has 1 saturated heterocycles. The number of pyridine rings is 1. The van der Waals surface area contributed by atoms with E-state index in [1.165, 1.54) is 5.56 Å². The van der Waals surface area contributed by atoms with Gasteiger partial charge in [-0.15, -0.1) is 0 Å². The lowest BCUT2D eigenvalue weighted by molar-refractivity contribution is 0.0652. The zero-order valence-corrected chi connectivity index (χ0v) is 19.6. The van der Waals surface area contributed by atoms with Gasteiger partial charge in [-0.25, -0.2) is 9.67 Å². The van der Waals surface area contributed by atoms with E-state index in [0.29, 0.717) is 35.8 Å². The molecule has 0 bridgehead atoms. The second-order valence-corrected chi connectivity index (χ2v) is 8.86. The summed E-state index contributed by atoms with van der Waals surface area (Å²) in [5.74, 6) is 0.658. The summed E-state index contributed by atoms with van der Waals surface area (Å²) < 4.78 is 7.44. The summed E-state index contributed by atoms with van der Waals surface area (Å²) in [6.45, 7) is 8.05. The molecular formula is C27H29N5O2. The summed E-state index contributed by atoms with van der Waals surface area (Å²) in [4.78, 5) is 22.7. The second kappa shape index (κ2) is 9.65. The molecule has 4 heterocycles. The van der Waals surface area contributed by atoms with Crippen molar-refractivity contribution in [3.63, 3.8) is 0 Å². The Balaban J connectivity index is 1.33. The Morgan fingerprint density at radius 1 is 1.09 bits per heavy atom. The lowest BCUT2D eigenvalue weighted by Crippen LogP contribution is -2.48. The number of carbonyl (C=O) groups excluding carboxylic acids is 1. The molecule has 34 heavy (non-hydrogen) atoms. The first kappa shape index (κ1) is 22.1. The molecule has 1 aliphatic heterocycles. The quantitative estimate of drug-likeness (QED) is 0.420. The van der Waals surface area contributed by atoms with Crippen molar-refractivity contribution in [2.75, 3.05) is 32.7 Å². The molecule has 0 saturated carbocycles. The normalized spacial score (nSPS) is 15.1. The third kappa shape index (κ3) is 4.52. The van der Waals surface area contributed by atoms with Gasteiger partial charge in [-0.3, -0.25) is 9.69 Å². The van der Waals surface area contributed by atoms with E-state index in [4.69, 9.17) is 9.40 Å². The van der Waals surface area contributed by atoms with Crippen LogP contribution in [0.15, 0.2) is 71.5 Å². The molecule has 1 aliphatic rings. The van der Waals surface area contributed by atoms with E-state index < -0.39 is 0 Å². The van der Waals surface area contributed by atoms with Gasteiger partial charge in [0, 0.05) is 38.8 Å². The molecule has 174 valence electrons. The fourth-order valence-corrected chi connectivity index (χ4v) is 4.33. The highest BCUT2D eigenvalue weighted by molar-refractivity contribution is 6.06. The molecule has 0 spiro atoms. The van der Waals surface area contributed by atoms with Crippen LogP contribution in [0.5, 0.6) is 0 Å². The number of rotatable bonds is 6. The summed E-state index contributed by atoms with van der Waals surface area (Å²) in [5, 5.41) is 5.29. The molecule has 7 heteroatoms. The summed E-state index contributed by atoms with van der Waals surface area (Å²) in [7, 11) is 0. The van der Waals surface area contributed by atoms with Crippen LogP contribution in [0.25, 0.3) is 28.6 Å². The minimum atomic E-state index is 0.0167. The summed E-state index contributed by atoms with van der Waals surface area (Å²) in [6.07, 6.45) is 7.71. The fraction of sp³-hybridized carbons (Fsp3) is 0.296. The largest absolute Gasteiger partial charge is 0.463 e. The molecule has 5 rings (SSSR count). The molecular weight excluding hydrogens is 426 g/mol. The lowest BCUT2D eigenvalue weighted by atomic mass is 10.1. The third-order valence-electron chi connectivity index (χ3n) is 6.19. The van der Waals surface area contributed by atoms with E-state index in [1.54, 1.807) is 12.5 Å². The number of nitrogens with zero attached hydrogens (tertiary/aromatic N) is 5. The number of piperazine rings is 1. The number of fused-ring (bicyclic) bond motifs is 1. The van der Waals surface area contributed by atoms with Crippen LogP contribution in [0.3, 0.4) is 0 Å². The Kier molecular flexibility index (Phi) is 6.27. The fourth-order valence-electron chi connectivity index (χ4n) is 4.33. The summed E-state index contributed by atoms with van der Waals surface area (Å²) in [5.41, 5.74) is 3.18. The monoisotopic (exact) mass is 455 g/mol. The molecule has 1 fully saturated rings. The Labute approximate surface area is 199 Å².